The first-order valence-electron chi connectivity index (χ1n) is 6.88. The first-order chi connectivity index (χ1) is 11.5. The molecule has 2 heterocycles. The van der Waals surface area contributed by atoms with Gasteiger partial charge in [-0.25, -0.2) is 9.69 Å². The van der Waals surface area contributed by atoms with Crippen LogP contribution in [-0.4, -0.2) is 44.3 Å². The molecule has 1 aliphatic rings. The molecule has 9 heteroatoms. The topological polar surface area (TPSA) is 96.6 Å². The first-order valence-corrected chi connectivity index (χ1v) is 7.67. The maximum Gasteiger partial charge on any atom is 0.335 e. The molecule has 0 bridgehead atoms. The van der Waals surface area contributed by atoms with Gasteiger partial charge in [-0.1, -0.05) is 39.3 Å². The minimum atomic E-state index is -0.927. The largest absolute Gasteiger partial charge is 0.337 e. The number of benzene rings is 1. The van der Waals surface area contributed by atoms with Gasteiger partial charge in [-0.3, -0.25) is 14.5 Å². The Hall–Kier alpha value is -2.81. The number of carbonyl (C=O) groups excluding carboxylic acids is 3. The summed E-state index contributed by atoms with van der Waals surface area (Å²) in [7, 11) is 0. The second-order valence-corrected chi connectivity index (χ2v) is 5.82. The number of amides is 4. The van der Waals surface area contributed by atoms with Crippen LogP contribution in [0.3, 0.4) is 0 Å². The molecule has 8 nitrogen and oxygen atoms in total. The molecule has 2 aromatic rings. The third-order valence-electron chi connectivity index (χ3n) is 3.29. The maximum absolute atomic E-state index is 12.1. The monoisotopic (exact) mass is 390 g/mol. The van der Waals surface area contributed by atoms with Crippen molar-refractivity contribution in [2.24, 2.45) is 0 Å². The summed E-state index contributed by atoms with van der Waals surface area (Å²) in [5.41, 5.74) is 0.711. The average molecular weight is 391 g/mol. The lowest BCUT2D eigenvalue weighted by molar-refractivity contribution is -0.143. The maximum atomic E-state index is 12.1. The molecule has 1 aromatic heterocycles. The fourth-order valence-electron chi connectivity index (χ4n) is 2.18. The smallest absolute Gasteiger partial charge is 0.335 e. The lowest BCUT2D eigenvalue weighted by Gasteiger charge is -2.11. The molecule has 24 heavy (non-hydrogen) atoms. The van der Waals surface area contributed by atoms with Crippen LogP contribution in [0, 0.1) is 0 Å². The van der Waals surface area contributed by atoms with Crippen LogP contribution in [0.1, 0.15) is 5.89 Å². The zero-order chi connectivity index (χ0) is 17.3. The standard InChI is InChI=1S/C15H11BrN4O4/c1-2-6-19-13(21)14(22)20(15(19)23)8-11-17-12(18-24-11)9-4-3-5-10(16)7-9/h2-5,7H,1,6,8H2. The van der Waals surface area contributed by atoms with Gasteiger partial charge in [-0.2, -0.15) is 4.98 Å². The van der Waals surface area contributed by atoms with Crippen molar-refractivity contribution in [2.75, 3.05) is 6.54 Å². The van der Waals surface area contributed by atoms with Gasteiger partial charge in [0.2, 0.25) is 11.7 Å². The average Bonchev–Trinajstić information content (AvgIpc) is 3.11. The number of hydrogen-bond acceptors (Lipinski definition) is 6. The number of nitrogens with zero attached hydrogens (tertiary/aromatic N) is 4. The van der Waals surface area contributed by atoms with Crippen LogP contribution in [0.4, 0.5) is 4.79 Å². The summed E-state index contributed by atoms with van der Waals surface area (Å²) in [6.07, 6.45) is 1.37. The molecule has 1 aliphatic heterocycles. The van der Waals surface area contributed by atoms with E-state index in [1.54, 1.807) is 12.1 Å². The molecule has 1 aromatic carbocycles. The van der Waals surface area contributed by atoms with E-state index >= 15 is 0 Å². The van der Waals surface area contributed by atoms with Crippen LogP contribution in [-0.2, 0) is 16.1 Å². The number of hydrogen-bond donors (Lipinski definition) is 0. The minimum absolute atomic E-state index is 0.0347. The van der Waals surface area contributed by atoms with E-state index < -0.39 is 17.8 Å². The molecule has 0 unspecified atom stereocenters. The summed E-state index contributed by atoms with van der Waals surface area (Å²) < 4.78 is 5.92. The van der Waals surface area contributed by atoms with E-state index in [4.69, 9.17) is 4.52 Å². The molecule has 1 saturated heterocycles. The summed E-state index contributed by atoms with van der Waals surface area (Å²) in [6, 6.07) is 6.53. The van der Waals surface area contributed by atoms with Gasteiger partial charge in [0.25, 0.3) is 0 Å². The van der Waals surface area contributed by atoms with Gasteiger partial charge in [0.15, 0.2) is 0 Å². The van der Waals surface area contributed by atoms with Crippen molar-refractivity contribution in [3.05, 3.63) is 47.3 Å². The lowest BCUT2D eigenvalue weighted by Crippen LogP contribution is -2.33. The highest BCUT2D eigenvalue weighted by Gasteiger charge is 2.44. The second kappa shape index (κ2) is 6.36. The minimum Gasteiger partial charge on any atom is -0.337 e. The number of imide groups is 2. The van der Waals surface area contributed by atoms with Crippen LogP contribution in [0.25, 0.3) is 11.4 Å². The molecule has 0 spiro atoms. The van der Waals surface area contributed by atoms with Gasteiger partial charge in [0, 0.05) is 16.6 Å². The third kappa shape index (κ3) is 2.85. The second-order valence-electron chi connectivity index (χ2n) is 4.90. The summed E-state index contributed by atoms with van der Waals surface area (Å²) in [5.74, 6) is -1.45. The molecular weight excluding hydrogens is 380 g/mol. The molecule has 3 rings (SSSR count). The van der Waals surface area contributed by atoms with E-state index in [1.165, 1.54) is 6.08 Å². The summed E-state index contributed by atoms with van der Waals surface area (Å²) in [5, 5.41) is 3.82. The van der Waals surface area contributed by atoms with Crippen LogP contribution < -0.4 is 0 Å². The fourth-order valence-corrected chi connectivity index (χ4v) is 2.58. The number of carbonyl (C=O) groups is 3. The Kier molecular flexibility index (Phi) is 4.26. The highest BCUT2D eigenvalue weighted by molar-refractivity contribution is 9.10. The van der Waals surface area contributed by atoms with Gasteiger partial charge < -0.3 is 4.52 Å². The molecule has 4 amide bonds. The predicted octanol–water partition coefficient (Wildman–Crippen LogP) is 1.98. The molecule has 1 fully saturated rings. The van der Waals surface area contributed by atoms with Gasteiger partial charge in [0.05, 0.1) is 0 Å². The zero-order valence-corrected chi connectivity index (χ0v) is 13.9. The highest BCUT2D eigenvalue weighted by Crippen LogP contribution is 2.21. The Morgan fingerprint density at radius 2 is 1.96 bits per heavy atom. The van der Waals surface area contributed by atoms with E-state index in [-0.39, 0.29) is 19.0 Å². The van der Waals surface area contributed by atoms with Crippen molar-refractivity contribution in [2.45, 2.75) is 6.54 Å². The van der Waals surface area contributed by atoms with E-state index in [2.05, 4.69) is 32.6 Å². The van der Waals surface area contributed by atoms with E-state index in [9.17, 15) is 14.4 Å². The van der Waals surface area contributed by atoms with Gasteiger partial charge >= 0.3 is 17.8 Å². The van der Waals surface area contributed by atoms with Crippen molar-refractivity contribution < 1.29 is 18.9 Å². The van der Waals surface area contributed by atoms with Gasteiger partial charge in [0.1, 0.15) is 6.54 Å². The summed E-state index contributed by atoms with van der Waals surface area (Å²) in [4.78, 5) is 41.5. The third-order valence-corrected chi connectivity index (χ3v) is 3.78. The Morgan fingerprint density at radius 1 is 1.21 bits per heavy atom. The zero-order valence-electron chi connectivity index (χ0n) is 12.3. The van der Waals surface area contributed by atoms with Crippen molar-refractivity contribution in [3.8, 4) is 11.4 Å². The van der Waals surface area contributed by atoms with Gasteiger partial charge in [-0.15, -0.1) is 6.58 Å². The summed E-state index contributed by atoms with van der Waals surface area (Å²) in [6.45, 7) is 3.15. The Balaban J connectivity index is 1.80. The number of rotatable bonds is 5. The molecule has 0 atom stereocenters. The number of halogens is 1. The predicted molar refractivity (Wildman–Crippen MR) is 85.3 cm³/mol. The number of aromatic nitrogens is 2. The molecule has 0 N–H and O–H groups in total. The molecular formula is C15H11BrN4O4. The highest BCUT2D eigenvalue weighted by atomic mass is 79.9. The Labute approximate surface area is 144 Å². The molecule has 0 saturated carbocycles. The quantitative estimate of drug-likeness (QED) is 0.439. The van der Waals surface area contributed by atoms with Crippen LogP contribution in [0.2, 0.25) is 0 Å². The van der Waals surface area contributed by atoms with E-state index in [1.807, 2.05) is 12.1 Å². The Morgan fingerprint density at radius 3 is 2.67 bits per heavy atom. The van der Waals surface area contributed by atoms with Gasteiger partial charge in [-0.05, 0) is 12.1 Å². The van der Waals surface area contributed by atoms with E-state index in [0.29, 0.717) is 11.4 Å². The lowest BCUT2D eigenvalue weighted by atomic mass is 10.2. The molecule has 122 valence electrons. The van der Waals surface area contributed by atoms with Crippen LogP contribution in [0.15, 0.2) is 45.9 Å². The van der Waals surface area contributed by atoms with Crippen LogP contribution in [0.5, 0.6) is 0 Å². The van der Waals surface area contributed by atoms with Crippen molar-refractivity contribution >= 4 is 33.8 Å². The Bertz CT molecular complexity index is 848. The van der Waals surface area contributed by atoms with Crippen molar-refractivity contribution in [3.63, 3.8) is 0 Å². The SMILES string of the molecule is C=CCN1C(=O)C(=O)N(Cc2nc(-c3cccc(Br)c3)no2)C1=O. The first kappa shape index (κ1) is 16.1. The van der Waals surface area contributed by atoms with E-state index in [0.717, 1.165) is 14.3 Å². The van der Waals surface area contributed by atoms with Crippen LogP contribution >= 0.6 is 15.9 Å². The number of urea groups is 1. The molecule has 0 aliphatic carbocycles. The van der Waals surface area contributed by atoms with Crippen molar-refractivity contribution in [1.29, 1.82) is 0 Å². The van der Waals surface area contributed by atoms with Crippen molar-refractivity contribution in [1.82, 2.24) is 19.9 Å². The normalized spacial score (nSPS) is 14.6. The fraction of sp³-hybridized carbons (Fsp3) is 0.133. The molecule has 0 radical (unpaired) electrons. The summed E-state index contributed by atoms with van der Waals surface area (Å²) >= 11 is 3.35.